The number of carbonyl (C=O) groups is 1. The molecule has 5 rings (SSSR count). The van der Waals surface area contributed by atoms with Gasteiger partial charge in [0.25, 0.3) is 5.91 Å². The normalized spacial score (nSPS) is 16.3. The van der Waals surface area contributed by atoms with Crippen LogP contribution in [0.5, 0.6) is 0 Å². The van der Waals surface area contributed by atoms with Gasteiger partial charge in [0.2, 0.25) is 0 Å². The van der Waals surface area contributed by atoms with Gasteiger partial charge in [-0.15, -0.1) is 0 Å². The van der Waals surface area contributed by atoms with E-state index in [9.17, 15) is 9.18 Å². The second-order valence-corrected chi connectivity index (χ2v) is 9.00. The summed E-state index contributed by atoms with van der Waals surface area (Å²) in [5.74, 6) is -1.92. The van der Waals surface area contributed by atoms with Crippen molar-refractivity contribution >= 4 is 33.8 Å². The lowest BCUT2D eigenvalue weighted by atomic mass is 10.1. The Morgan fingerprint density at radius 2 is 2.00 bits per heavy atom. The lowest BCUT2D eigenvalue weighted by molar-refractivity contribution is 0.102. The maximum atomic E-state index is 15.5. The van der Waals surface area contributed by atoms with E-state index in [1.807, 2.05) is 27.2 Å². The number of fused-ring (bicyclic) bond motifs is 2. The van der Waals surface area contributed by atoms with Crippen LogP contribution in [0.25, 0.3) is 16.6 Å². The summed E-state index contributed by atoms with van der Waals surface area (Å²) in [5.41, 5.74) is 1.88. The molecule has 1 atom stereocenters. The number of nitrogens with one attached hydrogen (secondary N) is 1. The zero-order valence-electron chi connectivity index (χ0n) is 19.6. The van der Waals surface area contributed by atoms with Crippen LogP contribution in [0, 0.1) is 18.6 Å². The number of hydrogen-bond donors (Lipinski definition) is 1. The third kappa shape index (κ3) is 3.77. The molecule has 8 nitrogen and oxygen atoms in total. The van der Waals surface area contributed by atoms with E-state index in [4.69, 9.17) is 0 Å². The van der Waals surface area contributed by atoms with Gasteiger partial charge in [-0.25, -0.2) is 13.8 Å². The first-order chi connectivity index (χ1) is 16.2. The number of carbonyl (C=O) groups excluding carboxylic acids is 1. The molecule has 3 aromatic heterocycles. The lowest BCUT2D eigenvalue weighted by Crippen LogP contribution is -2.31. The molecule has 1 aliphatic rings. The number of anilines is 2. The van der Waals surface area contributed by atoms with Crippen molar-refractivity contribution in [2.75, 3.05) is 37.4 Å². The van der Waals surface area contributed by atoms with Crippen LogP contribution >= 0.6 is 0 Å². The maximum Gasteiger partial charge on any atom is 0.260 e. The highest BCUT2D eigenvalue weighted by Crippen LogP contribution is 2.34. The van der Waals surface area contributed by atoms with Gasteiger partial charge in [0, 0.05) is 55.7 Å². The Hall–Kier alpha value is -3.53. The number of imidazole rings is 1. The zero-order chi connectivity index (χ0) is 24.1. The van der Waals surface area contributed by atoms with Crippen LogP contribution in [0.1, 0.15) is 29.4 Å². The van der Waals surface area contributed by atoms with Gasteiger partial charge in [-0.1, -0.05) is 0 Å². The minimum absolute atomic E-state index is 0.156. The molecule has 1 saturated heterocycles. The summed E-state index contributed by atoms with van der Waals surface area (Å²) in [4.78, 5) is 21.6. The van der Waals surface area contributed by atoms with Gasteiger partial charge in [0.15, 0.2) is 11.5 Å². The van der Waals surface area contributed by atoms with Gasteiger partial charge < -0.3 is 19.5 Å². The zero-order valence-corrected chi connectivity index (χ0v) is 19.6. The fourth-order valence-electron chi connectivity index (χ4n) is 4.64. The predicted octanol–water partition coefficient (Wildman–Crippen LogP) is 3.68. The maximum absolute atomic E-state index is 15.5. The SMILES string of the molecule is CCn1cc2c(N3CCC(N(C)C)C3)cc(F)c(C(=O)Nc3cc(F)c4nc(C)cn4c3)c2n1. The van der Waals surface area contributed by atoms with Gasteiger partial charge in [0.1, 0.15) is 16.9 Å². The Morgan fingerprint density at radius 3 is 2.71 bits per heavy atom. The van der Waals surface area contributed by atoms with Crippen LogP contribution < -0.4 is 10.2 Å². The Balaban J connectivity index is 1.54. The molecule has 0 bridgehead atoms. The lowest BCUT2D eigenvalue weighted by Gasteiger charge is -2.23. The molecule has 0 aliphatic carbocycles. The van der Waals surface area contributed by atoms with E-state index < -0.39 is 17.5 Å². The molecule has 0 spiro atoms. The van der Waals surface area contributed by atoms with E-state index in [1.165, 1.54) is 16.5 Å². The second kappa shape index (κ2) is 8.35. The number of amides is 1. The molecule has 0 radical (unpaired) electrons. The molecule has 10 heteroatoms. The van der Waals surface area contributed by atoms with Gasteiger partial charge in [-0.05, 0) is 40.4 Å². The second-order valence-electron chi connectivity index (χ2n) is 9.00. The Labute approximate surface area is 195 Å². The molecule has 178 valence electrons. The van der Waals surface area contributed by atoms with E-state index in [2.05, 4.69) is 25.2 Å². The van der Waals surface area contributed by atoms with Gasteiger partial charge in [0.05, 0.1) is 17.1 Å². The average Bonchev–Trinajstić information content (AvgIpc) is 3.50. The molecule has 34 heavy (non-hydrogen) atoms. The third-order valence-electron chi connectivity index (χ3n) is 6.45. The number of benzene rings is 1. The topological polar surface area (TPSA) is 70.7 Å². The van der Waals surface area contributed by atoms with Gasteiger partial charge in [-0.2, -0.15) is 5.10 Å². The number of rotatable bonds is 5. The number of hydrogen-bond acceptors (Lipinski definition) is 5. The molecular formula is C24H27F2N7O. The highest BCUT2D eigenvalue weighted by Gasteiger charge is 2.29. The molecule has 1 amide bonds. The molecule has 1 unspecified atom stereocenters. The van der Waals surface area contributed by atoms with Crippen LogP contribution in [-0.2, 0) is 6.54 Å². The van der Waals surface area contributed by atoms with Gasteiger partial charge >= 0.3 is 0 Å². The van der Waals surface area contributed by atoms with E-state index >= 15 is 4.39 Å². The average molecular weight is 468 g/mol. The Kier molecular flexibility index (Phi) is 5.47. The first kappa shape index (κ1) is 22.3. The molecule has 1 N–H and O–H groups in total. The van der Waals surface area contributed by atoms with Crippen molar-refractivity contribution in [2.45, 2.75) is 32.9 Å². The summed E-state index contributed by atoms with van der Waals surface area (Å²) < 4.78 is 33.1. The largest absolute Gasteiger partial charge is 0.369 e. The van der Waals surface area contributed by atoms with Crippen molar-refractivity contribution in [3.8, 4) is 0 Å². The number of likely N-dealkylation sites (N-methyl/N-ethyl adjacent to an activating group) is 1. The smallest absolute Gasteiger partial charge is 0.260 e. The van der Waals surface area contributed by atoms with Crippen LogP contribution in [0.2, 0.25) is 0 Å². The quantitative estimate of drug-likeness (QED) is 0.485. The fourth-order valence-corrected chi connectivity index (χ4v) is 4.64. The van der Waals surface area contributed by atoms with Gasteiger partial charge in [-0.3, -0.25) is 9.48 Å². The van der Waals surface area contributed by atoms with Crippen LogP contribution in [0.15, 0.2) is 30.7 Å². The highest BCUT2D eigenvalue weighted by molar-refractivity contribution is 6.14. The molecular weight excluding hydrogens is 440 g/mol. The van der Waals surface area contributed by atoms with Crippen molar-refractivity contribution in [1.82, 2.24) is 24.1 Å². The summed E-state index contributed by atoms with van der Waals surface area (Å²) in [6.07, 6.45) is 6.03. The predicted molar refractivity (Wildman–Crippen MR) is 128 cm³/mol. The van der Waals surface area contributed by atoms with E-state index in [-0.39, 0.29) is 16.9 Å². The molecule has 1 aromatic carbocycles. The van der Waals surface area contributed by atoms with E-state index in [1.54, 1.807) is 24.0 Å². The fraction of sp³-hybridized carbons (Fsp3) is 0.375. The summed E-state index contributed by atoms with van der Waals surface area (Å²) in [6, 6.07) is 2.97. The highest BCUT2D eigenvalue weighted by atomic mass is 19.1. The number of aromatic nitrogens is 4. The van der Waals surface area contributed by atoms with Crippen molar-refractivity contribution in [2.24, 2.45) is 0 Å². The Bertz CT molecular complexity index is 1410. The molecule has 4 aromatic rings. The number of halogens is 2. The van der Waals surface area contributed by atoms with Crippen molar-refractivity contribution in [1.29, 1.82) is 0 Å². The van der Waals surface area contributed by atoms with Crippen molar-refractivity contribution in [3.05, 3.63) is 53.6 Å². The number of aryl methyl sites for hydroxylation is 2. The summed E-state index contributed by atoms with van der Waals surface area (Å²) in [7, 11) is 4.08. The monoisotopic (exact) mass is 467 g/mol. The summed E-state index contributed by atoms with van der Waals surface area (Å²) in [5, 5.41) is 7.86. The van der Waals surface area contributed by atoms with Crippen molar-refractivity contribution in [3.63, 3.8) is 0 Å². The van der Waals surface area contributed by atoms with Crippen LogP contribution in [0.3, 0.4) is 0 Å². The van der Waals surface area contributed by atoms with E-state index in [0.717, 1.165) is 30.6 Å². The van der Waals surface area contributed by atoms with Crippen molar-refractivity contribution < 1.29 is 13.6 Å². The summed E-state index contributed by atoms with van der Waals surface area (Å²) in [6.45, 7) is 5.84. The third-order valence-corrected chi connectivity index (χ3v) is 6.45. The molecule has 0 saturated carbocycles. The summed E-state index contributed by atoms with van der Waals surface area (Å²) >= 11 is 0. The van der Waals surface area contributed by atoms with E-state index in [0.29, 0.717) is 23.8 Å². The Morgan fingerprint density at radius 1 is 1.21 bits per heavy atom. The van der Waals surface area contributed by atoms with Crippen LogP contribution in [0.4, 0.5) is 20.2 Å². The van der Waals surface area contributed by atoms with Crippen LogP contribution in [-0.4, -0.2) is 63.2 Å². The molecule has 1 aliphatic heterocycles. The first-order valence-electron chi connectivity index (χ1n) is 11.3. The minimum Gasteiger partial charge on any atom is -0.369 e. The number of nitrogens with zero attached hydrogens (tertiary/aromatic N) is 6. The number of pyridine rings is 1. The minimum atomic E-state index is -0.682. The molecule has 4 heterocycles. The standard InChI is InChI=1S/C24H27F2N7O/c1-5-33-13-17-20(31-7-6-16(12-31)30(3)4)9-18(25)21(22(17)29-33)24(34)28-15-8-19(26)23-27-14(2)10-32(23)11-15/h8-11,13,16H,5-7,12H2,1-4H3,(H,28,34). The molecule has 1 fully saturated rings. The first-order valence-corrected chi connectivity index (χ1v) is 11.3.